The Hall–Kier alpha value is -3.51. The van der Waals surface area contributed by atoms with Gasteiger partial charge >= 0.3 is 5.97 Å². The minimum atomic E-state index is -0.629. The van der Waals surface area contributed by atoms with Crippen molar-refractivity contribution in [3.63, 3.8) is 0 Å². The van der Waals surface area contributed by atoms with Gasteiger partial charge in [-0.1, -0.05) is 0 Å². The summed E-state index contributed by atoms with van der Waals surface area (Å²) in [6.45, 7) is 0. The predicted molar refractivity (Wildman–Crippen MR) is 99.9 cm³/mol. The van der Waals surface area contributed by atoms with Crippen LogP contribution in [0.4, 0.5) is 5.69 Å². The van der Waals surface area contributed by atoms with Gasteiger partial charge in [-0.3, -0.25) is 15.1 Å². The second kappa shape index (κ2) is 6.66. The number of ether oxygens (including phenoxy) is 1. The smallest absolute Gasteiger partial charge is 0.344 e. The first-order chi connectivity index (χ1) is 13.1. The van der Waals surface area contributed by atoms with Gasteiger partial charge in [-0.25, -0.2) is 4.79 Å². The SMILES string of the molecule is O=C(Oc1ccc([N+](=O)[O-])cc1)c1ccc(OP)c2oc3ccncc3c12. The Kier molecular flexibility index (Phi) is 4.18. The number of carbonyl (C=O) groups excluding carboxylic acids is 1. The third kappa shape index (κ3) is 2.96. The molecule has 1 unspecified atom stereocenters. The van der Waals surface area contributed by atoms with E-state index in [-0.39, 0.29) is 17.0 Å². The van der Waals surface area contributed by atoms with E-state index in [1.165, 1.54) is 24.3 Å². The highest BCUT2D eigenvalue weighted by molar-refractivity contribution is 7.10. The standard InChI is InChI=1S/C18H11N2O6P/c21-18(24-11-3-1-10(2-4-11)20(22)23)12-5-6-15(26-27)17-16(12)13-9-19-8-7-14(13)25-17/h1-9H,27H2. The molecule has 4 aromatic rings. The van der Waals surface area contributed by atoms with Crippen molar-refractivity contribution in [3.8, 4) is 11.5 Å². The van der Waals surface area contributed by atoms with Crippen LogP contribution in [0.15, 0.2) is 59.3 Å². The number of nitrogens with zero attached hydrogens (tertiary/aromatic N) is 2. The van der Waals surface area contributed by atoms with E-state index in [2.05, 4.69) is 14.5 Å². The predicted octanol–water partition coefficient (Wildman–Crippen LogP) is 4.28. The lowest BCUT2D eigenvalue weighted by Gasteiger charge is -2.07. The van der Waals surface area contributed by atoms with Crippen LogP contribution in [0.2, 0.25) is 0 Å². The first-order valence-corrected chi connectivity index (χ1v) is 8.18. The van der Waals surface area contributed by atoms with Gasteiger partial charge in [0.1, 0.15) is 11.3 Å². The summed E-state index contributed by atoms with van der Waals surface area (Å²) in [5, 5.41) is 11.9. The van der Waals surface area contributed by atoms with E-state index in [1.54, 1.807) is 30.6 Å². The Labute approximate surface area is 154 Å². The molecule has 4 rings (SSSR count). The number of rotatable bonds is 4. The topological polar surface area (TPSA) is 105 Å². The Balaban J connectivity index is 1.78. The van der Waals surface area contributed by atoms with Crippen molar-refractivity contribution in [3.05, 3.63) is 70.5 Å². The number of furan rings is 1. The number of hydrogen-bond acceptors (Lipinski definition) is 7. The first-order valence-electron chi connectivity index (χ1n) is 7.71. The average Bonchev–Trinajstić information content (AvgIpc) is 3.07. The third-order valence-corrected chi connectivity index (χ3v) is 4.24. The molecule has 0 aliphatic heterocycles. The third-order valence-electron chi connectivity index (χ3n) is 3.99. The molecule has 0 aliphatic rings. The van der Waals surface area contributed by atoms with Crippen LogP contribution >= 0.6 is 9.47 Å². The molecule has 0 radical (unpaired) electrons. The van der Waals surface area contributed by atoms with Crippen LogP contribution in [-0.2, 0) is 0 Å². The van der Waals surface area contributed by atoms with Crippen molar-refractivity contribution in [2.24, 2.45) is 0 Å². The molecule has 2 aromatic carbocycles. The maximum atomic E-state index is 12.7. The lowest BCUT2D eigenvalue weighted by atomic mass is 10.1. The number of hydrogen-bond donors (Lipinski definition) is 0. The van der Waals surface area contributed by atoms with Crippen LogP contribution in [0.3, 0.4) is 0 Å². The molecule has 0 N–H and O–H groups in total. The molecule has 9 heteroatoms. The van der Waals surface area contributed by atoms with Gasteiger partial charge < -0.3 is 13.7 Å². The van der Waals surface area contributed by atoms with Crippen LogP contribution in [0.1, 0.15) is 10.4 Å². The van der Waals surface area contributed by atoms with E-state index in [9.17, 15) is 14.9 Å². The highest BCUT2D eigenvalue weighted by Gasteiger charge is 2.21. The van der Waals surface area contributed by atoms with Gasteiger partial charge in [-0.05, 0) is 30.3 Å². The minimum Gasteiger partial charge on any atom is -0.476 e. The van der Waals surface area contributed by atoms with Crippen LogP contribution in [0.25, 0.3) is 21.9 Å². The van der Waals surface area contributed by atoms with Gasteiger partial charge in [0, 0.05) is 35.3 Å². The molecule has 0 saturated carbocycles. The minimum absolute atomic E-state index is 0.0916. The lowest BCUT2D eigenvalue weighted by molar-refractivity contribution is -0.384. The van der Waals surface area contributed by atoms with Crippen molar-refractivity contribution in [2.75, 3.05) is 0 Å². The second-order valence-corrected chi connectivity index (χ2v) is 5.78. The van der Waals surface area contributed by atoms with Crippen LogP contribution < -0.4 is 9.26 Å². The monoisotopic (exact) mass is 382 g/mol. The van der Waals surface area contributed by atoms with Crippen LogP contribution in [-0.4, -0.2) is 15.9 Å². The normalized spacial score (nSPS) is 10.9. The number of benzene rings is 2. The van der Waals surface area contributed by atoms with E-state index in [4.69, 9.17) is 13.7 Å². The molecule has 1 atom stereocenters. The number of esters is 1. The van der Waals surface area contributed by atoms with Crippen molar-refractivity contribution in [2.45, 2.75) is 0 Å². The van der Waals surface area contributed by atoms with Crippen molar-refractivity contribution in [1.82, 2.24) is 4.98 Å². The summed E-state index contributed by atoms with van der Waals surface area (Å²) in [5.41, 5.74) is 1.12. The highest BCUT2D eigenvalue weighted by Crippen LogP contribution is 2.37. The number of carbonyl (C=O) groups is 1. The van der Waals surface area contributed by atoms with Gasteiger partial charge in [0.05, 0.1) is 20.0 Å². The van der Waals surface area contributed by atoms with Gasteiger partial charge in [0.2, 0.25) is 0 Å². The van der Waals surface area contributed by atoms with Crippen LogP contribution in [0, 0.1) is 10.1 Å². The number of nitro benzene ring substituents is 1. The molecular formula is C18H11N2O6P. The summed E-state index contributed by atoms with van der Waals surface area (Å²) < 4.78 is 16.4. The zero-order valence-corrected chi connectivity index (χ0v) is 14.8. The fraction of sp³-hybridized carbons (Fsp3) is 0. The molecule has 0 saturated heterocycles. The van der Waals surface area contributed by atoms with Gasteiger partial charge in [0.15, 0.2) is 11.3 Å². The van der Waals surface area contributed by atoms with E-state index >= 15 is 0 Å². The number of non-ortho nitro benzene ring substituents is 1. The fourth-order valence-corrected chi connectivity index (χ4v) is 2.95. The van der Waals surface area contributed by atoms with Gasteiger partial charge in [-0.2, -0.15) is 0 Å². The molecule has 0 aliphatic carbocycles. The number of nitro groups is 1. The Morgan fingerprint density at radius 3 is 2.63 bits per heavy atom. The Morgan fingerprint density at radius 1 is 1.15 bits per heavy atom. The highest BCUT2D eigenvalue weighted by atomic mass is 31.0. The number of aromatic nitrogens is 1. The zero-order chi connectivity index (χ0) is 19.0. The second-order valence-electron chi connectivity index (χ2n) is 5.55. The molecule has 0 fully saturated rings. The van der Waals surface area contributed by atoms with Crippen molar-refractivity contribution < 1.29 is 23.4 Å². The number of fused-ring (bicyclic) bond motifs is 3. The molecule has 0 spiro atoms. The Morgan fingerprint density at radius 2 is 1.93 bits per heavy atom. The largest absolute Gasteiger partial charge is 0.476 e. The zero-order valence-electron chi connectivity index (χ0n) is 13.6. The molecule has 2 heterocycles. The van der Waals surface area contributed by atoms with E-state index in [0.717, 1.165) is 0 Å². The molecule has 2 aromatic heterocycles. The first kappa shape index (κ1) is 16.9. The van der Waals surface area contributed by atoms with Crippen LogP contribution in [0.5, 0.6) is 11.5 Å². The van der Waals surface area contributed by atoms with Crippen molar-refractivity contribution >= 4 is 43.1 Å². The van der Waals surface area contributed by atoms with Crippen molar-refractivity contribution in [1.29, 1.82) is 0 Å². The van der Waals surface area contributed by atoms with E-state index in [1.807, 2.05) is 0 Å². The molecule has 134 valence electrons. The van der Waals surface area contributed by atoms with E-state index in [0.29, 0.717) is 27.7 Å². The quantitative estimate of drug-likeness (QED) is 0.171. The summed E-state index contributed by atoms with van der Waals surface area (Å²) in [4.78, 5) is 27.0. The van der Waals surface area contributed by atoms with Gasteiger partial charge in [0.25, 0.3) is 5.69 Å². The lowest BCUT2D eigenvalue weighted by Crippen LogP contribution is -2.09. The molecule has 0 bridgehead atoms. The summed E-state index contributed by atoms with van der Waals surface area (Å²) in [6, 6.07) is 10.1. The summed E-state index contributed by atoms with van der Waals surface area (Å²) >= 11 is 0. The number of pyridine rings is 1. The van der Waals surface area contributed by atoms with E-state index < -0.39 is 10.9 Å². The molecule has 8 nitrogen and oxygen atoms in total. The summed E-state index contributed by atoms with van der Waals surface area (Å²) in [5.74, 6) is 0.00449. The summed E-state index contributed by atoms with van der Waals surface area (Å²) in [6.07, 6.45) is 3.18. The molecule has 0 amide bonds. The van der Waals surface area contributed by atoms with Gasteiger partial charge in [-0.15, -0.1) is 0 Å². The summed E-state index contributed by atoms with van der Waals surface area (Å²) in [7, 11) is 2.14. The maximum Gasteiger partial charge on any atom is 0.344 e. The average molecular weight is 382 g/mol. The maximum absolute atomic E-state index is 12.7. The Bertz CT molecular complexity index is 1190. The molecular weight excluding hydrogens is 371 g/mol. The fourth-order valence-electron chi connectivity index (χ4n) is 2.76. The molecule has 27 heavy (non-hydrogen) atoms.